The van der Waals surface area contributed by atoms with Crippen molar-refractivity contribution in [1.29, 1.82) is 0 Å². The molecular weight excluding hydrogens is 755 g/mol. The average Bonchev–Trinajstić information content (AvgIpc) is 4.21. The smallest absolute Gasteiger partial charge is 0.240 e. The zero-order valence-corrected chi connectivity index (χ0v) is 32.1. The summed E-state index contributed by atoms with van der Waals surface area (Å²) in [6.07, 6.45) is 0. The van der Waals surface area contributed by atoms with Gasteiger partial charge < -0.3 is 0 Å². The van der Waals surface area contributed by atoms with Crippen LogP contribution in [-0.4, -0.2) is 24.1 Å². The first kappa shape index (κ1) is 20.7. The number of hydrogen-bond donors (Lipinski definition) is 0. The third kappa shape index (κ3) is 5.90. The van der Waals surface area contributed by atoms with Crippen molar-refractivity contribution in [3.05, 3.63) is 224 Å². The van der Waals surface area contributed by atoms with Gasteiger partial charge in [-0.1, -0.05) is 200 Å². The lowest BCUT2D eigenvalue weighted by atomic mass is 9.91. The molecule has 0 atom stereocenters. The monoisotopic (exact) mass is 811 g/mol. The van der Waals surface area contributed by atoms with Crippen LogP contribution in [0.15, 0.2) is 224 Å². The van der Waals surface area contributed by atoms with Crippen molar-refractivity contribution in [2.45, 2.75) is 0 Å². The average molecular weight is 812 g/mol. The van der Waals surface area contributed by atoms with Crippen LogP contribution in [0, 0.1) is 0 Å². The highest BCUT2D eigenvalue weighted by Gasteiger charge is 2.22. The predicted octanol–water partition coefficient (Wildman–Crippen LogP) is 14.4. The minimum Gasteiger partial charge on any atom is -0.278 e. The molecule has 0 saturated heterocycles. The van der Waals surface area contributed by atoms with Gasteiger partial charge in [-0.2, -0.15) is 15.0 Å². The van der Waals surface area contributed by atoms with Gasteiger partial charge in [0.2, 0.25) is 11.9 Å². The van der Waals surface area contributed by atoms with E-state index in [0.717, 1.165) is 31.4 Å². The summed E-state index contributed by atoms with van der Waals surface area (Å²) in [5, 5.41) is -1.46. The Bertz CT molecular complexity index is 4700. The van der Waals surface area contributed by atoms with Crippen molar-refractivity contribution < 1.29 is 27.4 Å². The molecule has 290 valence electrons. The van der Waals surface area contributed by atoms with Gasteiger partial charge in [-0.05, 0) is 68.7 Å². The SMILES string of the molecule is [2H]c1c([2H])c([2H])c(-c2c([2H])c([2H])c3c4c([2H])c([2H])c([2H])c([2H])c4n(-c4nc(-c5ccccc5-c5ccccc5-c5ccc(-c6ccccc6)cc5)nc(-n5c6c([2H])c([2H])c([2H])c([2H])c6c6c([2H])c([2H])c([2H])c([2H])c65)n4)c3c2[2H])c([2H])c1[2H]. The molecule has 12 rings (SSSR count). The maximum absolute atomic E-state index is 9.98. The van der Waals surface area contributed by atoms with Crippen LogP contribution in [0.2, 0.25) is 0 Å². The quantitative estimate of drug-likeness (QED) is 0.161. The number of rotatable bonds is 7. The van der Waals surface area contributed by atoms with Crippen LogP contribution in [0.3, 0.4) is 0 Å². The maximum atomic E-state index is 9.98. The van der Waals surface area contributed by atoms with Crippen LogP contribution in [-0.2, 0) is 0 Å². The summed E-state index contributed by atoms with van der Waals surface area (Å²) >= 11 is 0. The van der Waals surface area contributed by atoms with Crippen molar-refractivity contribution in [3.8, 4) is 67.8 Å². The second kappa shape index (κ2) is 14.7. The fourth-order valence-electron chi connectivity index (χ4n) is 7.86. The summed E-state index contributed by atoms with van der Waals surface area (Å²) < 4.78 is 183. The fraction of sp³-hybridized carbons (Fsp3) is 0. The Morgan fingerprint density at radius 3 is 1.37 bits per heavy atom. The van der Waals surface area contributed by atoms with Crippen LogP contribution < -0.4 is 0 Å². The van der Waals surface area contributed by atoms with E-state index in [4.69, 9.17) is 32.8 Å². The van der Waals surface area contributed by atoms with E-state index in [1.165, 1.54) is 0 Å². The summed E-state index contributed by atoms with van der Waals surface area (Å²) in [6.45, 7) is 0. The summed E-state index contributed by atoms with van der Waals surface area (Å²) in [4.78, 5) is 14.9. The maximum Gasteiger partial charge on any atom is 0.240 e. The Morgan fingerprint density at radius 2 is 0.758 bits per heavy atom. The van der Waals surface area contributed by atoms with E-state index in [-0.39, 0.29) is 22.2 Å². The lowest BCUT2D eigenvalue weighted by Gasteiger charge is -2.16. The topological polar surface area (TPSA) is 48.5 Å². The van der Waals surface area contributed by atoms with Gasteiger partial charge in [0, 0.05) is 27.1 Å². The molecule has 0 aliphatic heterocycles. The number of benzene rings is 9. The van der Waals surface area contributed by atoms with E-state index in [1.54, 1.807) is 24.3 Å². The van der Waals surface area contributed by atoms with Crippen LogP contribution in [0.1, 0.15) is 27.4 Å². The number of hydrogen-bond acceptors (Lipinski definition) is 3. The second-order valence-electron chi connectivity index (χ2n) is 14.1. The lowest BCUT2D eigenvalue weighted by Crippen LogP contribution is -2.10. The molecule has 5 heteroatoms. The van der Waals surface area contributed by atoms with Crippen LogP contribution in [0.25, 0.3) is 111 Å². The van der Waals surface area contributed by atoms with Gasteiger partial charge in [0.1, 0.15) is 0 Å². The predicted molar refractivity (Wildman–Crippen MR) is 256 cm³/mol. The normalized spacial score (nSPS) is 16.1. The Balaban J connectivity index is 1.26. The van der Waals surface area contributed by atoms with Crippen molar-refractivity contribution in [2.75, 3.05) is 0 Å². The second-order valence-corrected chi connectivity index (χ2v) is 14.1. The molecule has 0 unspecified atom stereocenters. The Morgan fingerprint density at radius 1 is 0.306 bits per heavy atom. The molecule has 0 amide bonds. The highest BCUT2D eigenvalue weighted by Crippen LogP contribution is 2.40. The van der Waals surface area contributed by atoms with Gasteiger partial charge in [-0.15, -0.1) is 0 Å². The molecule has 3 aromatic heterocycles. The van der Waals surface area contributed by atoms with Gasteiger partial charge in [0.25, 0.3) is 0 Å². The number of nitrogens with zero attached hydrogens (tertiary/aromatic N) is 5. The zero-order chi connectivity index (χ0) is 58.4. The zero-order valence-electron chi connectivity index (χ0n) is 52.1. The van der Waals surface area contributed by atoms with Gasteiger partial charge in [0.15, 0.2) is 5.82 Å². The molecule has 0 fully saturated rings. The minimum absolute atomic E-state index is 0.238. The summed E-state index contributed by atoms with van der Waals surface area (Å²) in [6, 6.07) is 16.9. The molecule has 0 aliphatic rings. The first-order valence-electron chi connectivity index (χ1n) is 29.3. The van der Waals surface area contributed by atoms with E-state index < -0.39 is 177 Å². The molecule has 0 spiro atoms. The van der Waals surface area contributed by atoms with Gasteiger partial charge in [-0.3, -0.25) is 9.13 Å². The van der Waals surface area contributed by atoms with Crippen molar-refractivity contribution in [3.63, 3.8) is 0 Å². The Labute approximate surface area is 386 Å². The highest BCUT2D eigenvalue weighted by molar-refractivity contribution is 6.11. The molecule has 3 heterocycles. The molecule has 0 saturated carbocycles. The van der Waals surface area contributed by atoms with Gasteiger partial charge in [-0.25, -0.2) is 0 Å². The molecule has 0 bridgehead atoms. The van der Waals surface area contributed by atoms with E-state index in [9.17, 15) is 9.60 Å². The van der Waals surface area contributed by atoms with E-state index >= 15 is 0 Å². The molecule has 9 aromatic carbocycles. The fourth-order valence-corrected chi connectivity index (χ4v) is 7.86. The van der Waals surface area contributed by atoms with Crippen molar-refractivity contribution >= 4 is 43.6 Å². The van der Waals surface area contributed by atoms with Crippen LogP contribution in [0.5, 0.6) is 0 Å². The van der Waals surface area contributed by atoms with Gasteiger partial charge in [0.05, 0.1) is 49.5 Å². The summed E-state index contributed by atoms with van der Waals surface area (Å²) in [5.41, 5.74) is 1.94. The third-order valence-electron chi connectivity index (χ3n) is 10.6. The van der Waals surface area contributed by atoms with E-state index in [1.807, 2.05) is 78.9 Å². The molecule has 0 aliphatic carbocycles. The summed E-state index contributed by atoms with van der Waals surface area (Å²) in [7, 11) is 0. The third-order valence-corrected chi connectivity index (χ3v) is 10.6. The molecule has 0 N–H and O–H groups in total. The number of aromatic nitrogens is 5. The summed E-state index contributed by atoms with van der Waals surface area (Å²) in [5.74, 6) is -1.40. The van der Waals surface area contributed by atoms with Crippen molar-refractivity contribution in [2.24, 2.45) is 0 Å². The molecule has 5 nitrogen and oxygen atoms in total. The molecule has 12 aromatic rings. The van der Waals surface area contributed by atoms with Crippen LogP contribution >= 0.6 is 0 Å². The largest absolute Gasteiger partial charge is 0.278 e. The molecule has 62 heavy (non-hydrogen) atoms. The minimum atomic E-state index is -0.826. The Hall–Kier alpha value is -8.41. The Kier molecular flexibility index (Phi) is 4.91. The van der Waals surface area contributed by atoms with Crippen LogP contribution in [0.4, 0.5) is 0 Å². The number of fused-ring (bicyclic) bond motifs is 6. The number of para-hydroxylation sites is 3. The van der Waals surface area contributed by atoms with Crippen molar-refractivity contribution in [1.82, 2.24) is 24.1 Å². The molecular formula is C57H37N5. The van der Waals surface area contributed by atoms with E-state index in [0.29, 0.717) is 11.1 Å². The standard InChI is InChI=1S/C57H37N5/c1-3-17-38(18-4-1)40-31-33-41(34-32-40)43-21-7-8-22-44(43)45-23-9-10-27-50(45)55-58-56(61-51-28-14-11-24-46(51)47-25-12-15-29-52(47)61)60-57(59-55)62-53-30-16-13-26-48(53)49-36-35-42(37-54(49)62)39-19-5-2-6-20-39/h1-37H/i2D,5D,6D,11D,12D,13D,14D,15D,16D,19D,20D,24D,25D,26D,28D,29D,30D,35D,36D,37D. The highest BCUT2D eigenvalue weighted by atomic mass is 15.3. The first-order chi connectivity index (χ1) is 39.1. The van der Waals surface area contributed by atoms with E-state index in [2.05, 4.69) is 0 Å². The first-order valence-corrected chi connectivity index (χ1v) is 19.3. The lowest BCUT2D eigenvalue weighted by molar-refractivity contribution is 0.893. The molecule has 0 radical (unpaired) electrons. The van der Waals surface area contributed by atoms with Gasteiger partial charge >= 0.3 is 0 Å².